The molecule has 6 heteroatoms. The van der Waals surface area contributed by atoms with Gasteiger partial charge in [0.1, 0.15) is 18.1 Å². The molecule has 0 aliphatic heterocycles. The number of aryl methyl sites for hydroxylation is 1. The van der Waals surface area contributed by atoms with Crippen molar-refractivity contribution in [3.8, 4) is 11.5 Å². The largest absolute Gasteiger partial charge is 0.496 e. The van der Waals surface area contributed by atoms with Crippen molar-refractivity contribution in [3.63, 3.8) is 0 Å². The number of ether oxygens (including phenoxy) is 2. The Morgan fingerprint density at radius 2 is 1.67 bits per heavy atom. The Hall–Kier alpha value is -2.05. The molecule has 0 aliphatic rings. The molecule has 0 heterocycles. The fourth-order valence-corrected chi connectivity index (χ4v) is 3.73. The Balaban J connectivity index is 2.02. The van der Waals surface area contributed by atoms with Crippen LogP contribution in [-0.4, -0.2) is 28.7 Å². The first-order chi connectivity index (χ1) is 11.4. The van der Waals surface area contributed by atoms with Gasteiger partial charge in [-0.3, -0.25) is 0 Å². The summed E-state index contributed by atoms with van der Waals surface area (Å²) in [5, 5.41) is 0. The van der Waals surface area contributed by atoms with E-state index in [2.05, 4.69) is 4.72 Å². The maximum atomic E-state index is 12.5. The van der Waals surface area contributed by atoms with Crippen LogP contribution in [0.25, 0.3) is 0 Å². The van der Waals surface area contributed by atoms with Gasteiger partial charge in [0, 0.05) is 6.54 Å². The van der Waals surface area contributed by atoms with Crippen molar-refractivity contribution in [1.29, 1.82) is 0 Å². The number of benzene rings is 2. The average molecular weight is 349 g/mol. The van der Waals surface area contributed by atoms with Gasteiger partial charge in [-0.25, -0.2) is 13.1 Å². The molecule has 0 aromatic heterocycles. The summed E-state index contributed by atoms with van der Waals surface area (Å²) >= 11 is 0. The van der Waals surface area contributed by atoms with E-state index < -0.39 is 10.0 Å². The fourth-order valence-electron chi connectivity index (χ4n) is 2.42. The van der Waals surface area contributed by atoms with Crippen molar-refractivity contribution in [2.45, 2.75) is 25.7 Å². The van der Waals surface area contributed by atoms with Gasteiger partial charge in [-0.05, 0) is 55.7 Å². The Bertz CT molecular complexity index is 816. The minimum absolute atomic E-state index is 0.196. The maximum Gasteiger partial charge on any atom is 0.240 e. The number of sulfonamides is 1. The van der Waals surface area contributed by atoms with E-state index in [4.69, 9.17) is 9.47 Å². The highest BCUT2D eigenvalue weighted by Crippen LogP contribution is 2.26. The number of nitrogens with one attached hydrogen (secondary N) is 1. The summed E-state index contributed by atoms with van der Waals surface area (Å²) in [7, 11) is -2.02. The number of hydrogen-bond acceptors (Lipinski definition) is 4. The summed E-state index contributed by atoms with van der Waals surface area (Å²) in [5.41, 5.74) is 2.51. The van der Waals surface area contributed by atoms with Crippen molar-refractivity contribution in [2.24, 2.45) is 0 Å². The Morgan fingerprint density at radius 3 is 2.33 bits per heavy atom. The van der Waals surface area contributed by atoms with Gasteiger partial charge >= 0.3 is 0 Å². The second-order valence-electron chi connectivity index (χ2n) is 5.53. The molecule has 0 aliphatic carbocycles. The lowest BCUT2D eigenvalue weighted by Crippen LogP contribution is -2.29. The molecular formula is C18H23NO4S. The molecule has 5 nitrogen and oxygen atoms in total. The molecule has 0 unspecified atom stereocenters. The van der Waals surface area contributed by atoms with Gasteiger partial charge in [0.15, 0.2) is 0 Å². The molecule has 24 heavy (non-hydrogen) atoms. The zero-order chi connectivity index (χ0) is 17.7. The molecule has 0 radical (unpaired) electrons. The average Bonchev–Trinajstić information content (AvgIpc) is 2.55. The van der Waals surface area contributed by atoms with E-state index in [0.717, 1.165) is 16.9 Å². The lowest BCUT2D eigenvalue weighted by atomic mass is 10.1. The second kappa shape index (κ2) is 7.68. The lowest BCUT2D eigenvalue weighted by Gasteiger charge is -2.14. The Kier molecular flexibility index (Phi) is 5.85. The quantitative estimate of drug-likeness (QED) is 0.781. The predicted octanol–water partition coefficient (Wildman–Crippen LogP) is 2.98. The molecule has 0 fully saturated rings. The van der Waals surface area contributed by atoms with Gasteiger partial charge < -0.3 is 9.47 Å². The van der Waals surface area contributed by atoms with E-state index in [1.807, 2.05) is 38.1 Å². The van der Waals surface area contributed by atoms with Crippen LogP contribution in [0.1, 0.15) is 16.7 Å². The van der Waals surface area contributed by atoms with E-state index in [0.29, 0.717) is 11.3 Å². The van der Waals surface area contributed by atoms with Gasteiger partial charge in [0.25, 0.3) is 0 Å². The van der Waals surface area contributed by atoms with Crippen molar-refractivity contribution >= 4 is 10.0 Å². The first kappa shape index (κ1) is 18.3. The highest BCUT2D eigenvalue weighted by atomic mass is 32.2. The smallest absolute Gasteiger partial charge is 0.240 e. The third kappa shape index (κ3) is 4.07. The third-order valence-corrected chi connectivity index (χ3v) is 5.55. The van der Waals surface area contributed by atoms with Gasteiger partial charge in [0.2, 0.25) is 10.0 Å². The molecule has 2 aromatic rings. The molecule has 130 valence electrons. The van der Waals surface area contributed by atoms with E-state index in [-0.39, 0.29) is 18.0 Å². The van der Waals surface area contributed by atoms with Crippen LogP contribution in [0.5, 0.6) is 11.5 Å². The molecule has 0 saturated carbocycles. The summed E-state index contributed by atoms with van der Waals surface area (Å²) in [6, 6.07) is 10.9. The topological polar surface area (TPSA) is 64.6 Å². The third-order valence-electron chi connectivity index (χ3n) is 3.94. The minimum Gasteiger partial charge on any atom is -0.496 e. The van der Waals surface area contributed by atoms with Crippen molar-refractivity contribution in [2.75, 3.05) is 20.3 Å². The molecule has 0 spiro atoms. The lowest BCUT2D eigenvalue weighted by molar-refractivity contribution is 0.320. The molecule has 2 aromatic carbocycles. The summed E-state index contributed by atoms with van der Waals surface area (Å²) in [6.07, 6.45) is 0. The number of methoxy groups -OCH3 is 1. The minimum atomic E-state index is -3.59. The zero-order valence-corrected chi connectivity index (χ0v) is 15.2. The fraction of sp³-hybridized carbons (Fsp3) is 0.333. The number of para-hydroxylation sites is 1. The summed E-state index contributed by atoms with van der Waals surface area (Å²) in [5.74, 6) is 1.43. The highest BCUT2D eigenvalue weighted by molar-refractivity contribution is 7.89. The first-order valence-electron chi connectivity index (χ1n) is 7.69. The Morgan fingerprint density at radius 1 is 0.958 bits per heavy atom. The standard InChI is InChI=1S/C18H23NO4S/c1-13-7-5-6-8-16(13)23-12-11-19-24(20,21)18-10-9-17(22-4)14(2)15(18)3/h5-10,19H,11-12H2,1-4H3. The van der Waals surface area contributed by atoms with E-state index in [1.165, 1.54) is 0 Å². The molecule has 1 N–H and O–H groups in total. The molecule has 0 saturated heterocycles. The molecule has 0 atom stereocenters. The zero-order valence-electron chi connectivity index (χ0n) is 14.4. The molecular weight excluding hydrogens is 326 g/mol. The van der Waals surface area contributed by atoms with Gasteiger partial charge in [-0.1, -0.05) is 18.2 Å². The van der Waals surface area contributed by atoms with E-state index in [9.17, 15) is 8.42 Å². The number of hydrogen-bond donors (Lipinski definition) is 1. The summed E-state index contributed by atoms with van der Waals surface area (Å²) in [6.45, 7) is 6.02. The van der Waals surface area contributed by atoms with E-state index >= 15 is 0 Å². The Labute approximate surface area is 143 Å². The number of rotatable bonds is 7. The van der Waals surface area contributed by atoms with E-state index in [1.54, 1.807) is 26.2 Å². The summed E-state index contributed by atoms with van der Waals surface area (Å²) < 4.78 is 38.4. The van der Waals surface area contributed by atoms with Gasteiger partial charge in [-0.2, -0.15) is 0 Å². The van der Waals surface area contributed by atoms with Gasteiger partial charge in [-0.15, -0.1) is 0 Å². The van der Waals surface area contributed by atoms with Crippen LogP contribution < -0.4 is 14.2 Å². The first-order valence-corrected chi connectivity index (χ1v) is 9.17. The van der Waals surface area contributed by atoms with Crippen molar-refractivity contribution in [3.05, 3.63) is 53.1 Å². The summed E-state index contributed by atoms with van der Waals surface area (Å²) in [4.78, 5) is 0.261. The van der Waals surface area contributed by atoms with Crippen molar-refractivity contribution < 1.29 is 17.9 Å². The normalized spacial score (nSPS) is 11.3. The van der Waals surface area contributed by atoms with Crippen LogP contribution in [0.2, 0.25) is 0 Å². The van der Waals surface area contributed by atoms with Gasteiger partial charge in [0.05, 0.1) is 12.0 Å². The van der Waals surface area contributed by atoms with Crippen LogP contribution in [0.4, 0.5) is 0 Å². The van der Waals surface area contributed by atoms with Crippen LogP contribution >= 0.6 is 0 Å². The highest BCUT2D eigenvalue weighted by Gasteiger charge is 2.19. The van der Waals surface area contributed by atoms with Crippen LogP contribution in [0, 0.1) is 20.8 Å². The van der Waals surface area contributed by atoms with Crippen LogP contribution in [0.15, 0.2) is 41.3 Å². The molecule has 0 amide bonds. The predicted molar refractivity (Wildman–Crippen MR) is 94.3 cm³/mol. The second-order valence-corrected chi connectivity index (χ2v) is 7.26. The van der Waals surface area contributed by atoms with Crippen LogP contribution in [-0.2, 0) is 10.0 Å². The van der Waals surface area contributed by atoms with Crippen LogP contribution in [0.3, 0.4) is 0 Å². The molecule has 0 bridgehead atoms. The SMILES string of the molecule is COc1ccc(S(=O)(=O)NCCOc2ccccc2C)c(C)c1C. The molecule has 2 rings (SSSR count). The maximum absolute atomic E-state index is 12.5. The van der Waals surface area contributed by atoms with Crippen molar-refractivity contribution in [1.82, 2.24) is 4.72 Å². The monoisotopic (exact) mass is 349 g/mol.